The summed E-state index contributed by atoms with van der Waals surface area (Å²) in [6.07, 6.45) is 2.40. The molecule has 1 atom stereocenters. The zero-order valence-corrected chi connectivity index (χ0v) is 10.9. The molecule has 1 aliphatic rings. The fraction of sp³-hybridized carbons (Fsp3) is 0.200. The van der Waals surface area contributed by atoms with E-state index in [4.69, 9.17) is 5.73 Å². The van der Waals surface area contributed by atoms with Crippen LogP contribution in [0.3, 0.4) is 0 Å². The topological polar surface area (TPSA) is 68.3 Å². The van der Waals surface area contributed by atoms with Gasteiger partial charge in [-0.2, -0.15) is 0 Å². The molecule has 2 N–H and O–H groups in total. The number of hydrogen-bond donors (Lipinski definition) is 1. The Balaban J connectivity index is 1.91. The average Bonchev–Trinajstić information content (AvgIpc) is 2.80. The highest BCUT2D eigenvalue weighted by molar-refractivity contribution is 5.99. The van der Waals surface area contributed by atoms with Crippen LogP contribution in [0.15, 0.2) is 53.5 Å². The molecule has 1 aliphatic heterocycles. The Bertz CT molecular complexity index is 691. The van der Waals surface area contributed by atoms with Crippen molar-refractivity contribution in [2.75, 3.05) is 11.4 Å². The van der Waals surface area contributed by atoms with Gasteiger partial charge in [0.25, 0.3) is 5.56 Å². The van der Waals surface area contributed by atoms with E-state index in [0.29, 0.717) is 13.0 Å². The van der Waals surface area contributed by atoms with E-state index in [1.807, 2.05) is 24.3 Å². The third-order valence-corrected chi connectivity index (χ3v) is 3.51. The van der Waals surface area contributed by atoms with Gasteiger partial charge < -0.3 is 10.6 Å². The summed E-state index contributed by atoms with van der Waals surface area (Å²) in [5, 5.41) is 0. The van der Waals surface area contributed by atoms with E-state index in [-0.39, 0.29) is 11.5 Å². The molecule has 0 radical (unpaired) electrons. The number of nitrogens with zero attached hydrogens (tertiary/aromatic N) is 2. The molecule has 5 nitrogen and oxygen atoms in total. The molecule has 1 fully saturated rings. The van der Waals surface area contributed by atoms with Gasteiger partial charge in [0.15, 0.2) is 0 Å². The van der Waals surface area contributed by atoms with Crippen molar-refractivity contribution in [1.29, 1.82) is 0 Å². The van der Waals surface area contributed by atoms with Crippen LogP contribution in [-0.4, -0.2) is 23.1 Å². The fourth-order valence-corrected chi connectivity index (χ4v) is 2.39. The maximum absolute atomic E-state index is 11.9. The van der Waals surface area contributed by atoms with Crippen LogP contribution in [0.2, 0.25) is 0 Å². The summed E-state index contributed by atoms with van der Waals surface area (Å²) in [5.41, 5.74) is 7.22. The third kappa shape index (κ3) is 2.12. The molecule has 1 saturated heterocycles. The van der Waals surface area contributed by atoms with Crippen molar-refractivity contribution >= 4 is 11.6 Å². The molecule has 5 heteroatoms. The molecule has 1 aromatic heterocycles. The largest absolute Gasteiger partial charge is 0.320 e. The minimum Gasteiger partial charge on any atom is -0.320 e. The number of aromatic nitrogens is 1. The minimum absolute atomic E-state index is 0.0466. The maximum atomic E-state index is 11.9. The van der Waals surface area contributed by atoms with E-state index in [9.17, 15) is 9.59 Å². The Kier molecular flexibility index (Phi) is 3.12. The van der Waals surface area contributed by atoms with E-state index < -0.39 is 6.04 Å². The number of amides is 1. The van der Waals surface area contributed by atoms with Crippen LogP contribution in [0.1, 0.15) is 6.42 Å². The highest BCUT2D eigenvalue weighted by Gasteiger charge is 2.29. The molecule has 1 aromatic carbocycles. The number of carbonyl (C=O) groups is 1. The molecule has 0 spiro atoms. The van der Waals surface area contributed by atoms with Crippen LogP contribution in [0, 0.1) is 0 Å². The van der Waals surface area contributed by atoms with Gasteiger partial charge in [-0.25, -0.2) is 0 Å². The Morgan fingerprint density at radius 3 is 2.30 bits per heavy atom. The number of benzene rings is 1. The van der Waals surface area contributed by atoms with Crippen molar-refractivity contribution in [1.82, 2.24) is 4.57 Å². The smallest absolute Gasteiger partial charge is 0.255 e. The molecule has 1 unspecified atom stereocenters. The molecular formula is C15H15N3O2. The number of pyridine rings is 1. The SMILES string of the molecule is NC1CCN(c2ccc(-n3ccccc3=O)cc2)C1=O. The highest BCUT2D eigenvalue weighted by Crippen LogP contribution is 2.21. The summed E-state index contributed by atoms with van der Waals surface area (Å²) in [7, 11) is 0. The molecular weight excluding hydrogens is 254 g/mol. The zero-order chi connectivity index (χ0) is 14.1. The van der Waals surface area contributed by atoms with Crippen LogP contribution in [0.25, 0.3) is 5.69 Å². The number of nitrogens with two attached hydrogens (primary N) is 1. The summed E-state index contributed by atoms with van der Waals surface area (Å²) in [5.74, 6) is -0.0466. The second-order valence-corrected chi connectivity index (χ2v) is 4.81. The van der Waals surface area contributed by atoms with E-state index in [1.54, 1.807) is 27.8 Å². The van der Waals surface area contributed by atoms with E-state index in [2.05, 4.69) is 0 Å². The van der Waals surface area contributed by atoms with Crippen molar-refractivity contribution in [3.8, 4) is 5.69 Å². The first kappa shape index (κ1) is 12.6. The first-order valence-corrected chi connectivity index (χ1v) is 6.52. The van der Waals surface area contributed by atoms with Crippen molar-refractivity contribution < 1.29 is 4.79 Å². The van der Waals surface area contributed by atoms with Gasteiger partial charge >= 0.3 is 0 Å². The van der Waals surface area contributed by atoms with Gasteiger partial charge in [-0.05, 0) is 36.8 Å². The predicted octanol–water partition coefficient (Wildman–Crippen LogP) is 0.901. The molecule has 0 aliphatic carbocycles. The quantitative estimate of drug-likeness (QED) is 0.880. The Morgan fingerprint density at radius 1 is 1.00 bits per heavy atom. The summed E-state index contributed by atoms with van der Waals surface area (Å²) in [4.78, 5) is 25.3. The minimum atomic E-state index is -0.397. The third-order valence-electron chi connectivity index (χ3n) is 3.51. The van der Waals surface area contributed by atoms with E-state index >= 15 is 0 Å². The lowest BCUT2D eigenvalue weighted by Gasteiger charge is -2.16. The summed E-state index contributed by atoms with van der Waals surface area (Å²) in [6, 6.07) is 12.0. The molecule has 1 amide bonds. The normalized spacial score (nSPS) is 18.6. The summed E-state index contributed by atoms with van der Waals surface area (Å²) >= 11 is 0. The number of hydrogen-bond acceptors (Lipinski definition) is 3. The molecule has 2 heterocycles. The number of carbonyl (C=O) groups excluding carboxylic acids is 1. The monoisotopic (exact) mass is 269 g/mol. The fourth-order valence-electron chi connectivity index (χ4n) is 2.39. The first-order chi connectivity index (χ1) is 9.66. The van der Waals surface area contributed by atoms with Gasteiger partial charge in [-0.15, -0.1) is 0 Å². The van der Waals surface area contributed by atoms with Crippen LogP contribution in [0.5, 0.6) is 0 Å². The molecule has 20 heavy (non-hydrogen) atoms. The lowest BCUT2D eigenvalue weighted by Crippen LogP contribution is -2.33. The number of rotatable bonds is 2. The predicted molar refractivity (Wildman–Crippen MR) is 77.0 cm³/mol. The highest BCUT2D eigenvalue weighted by atomic mass is 16.2. The van der Waals surface area contributed by atoms with Crippen LogP contribution < -0.4 is 16.2 Å². The molecule has 102 valence electrons. The van der Waals surface area contributed by atoms with Gasteiger partial charge in [0.2, 0.25) is 5.91 Å². The lowest BCUT2D eigenvalue weighted by molar-refractivity contribution is -0.118. The van der Waals surface area contributed by atoms with E-state index in [0.717, 1.165) is 11.4 Å². The van der Waals surface area contributed by atoms with Gasteiger partial charge in [0.1, 0.15) is 0 Å². The van der Waals surface area contributed by atoms with Gasteiger partial charge in [0.05, 0.1) is 6.04 Å². The van der Waals surface area contributed by atoms with Crippen LogP contribution in [-0.2, 0) is 4.79 Å². The Labute approximate surface area is 116 Å². The zero-order valence-electron chi connectivity index (χ0n) is 10.9. The second-order valence-electron chi connectivity index (χ2n) is 4.81. The van der Waals surface area contributed by atoms with Crippen LogP contribution >= 0.6 is 0 Å². The molecule has 0 bridgehead atoms. The lowest BCUT2D eigenvalue weighted by atomic mass is 10.2. The Morgan fingerprint density at radius 2 is 1.70 bits per heavy atom. The van der Waals surface area contributed by atoms with Crippen molar-refractivity contribution in [3.63, 3.8) is 0 Å². The van der Waals surface area contributed by atoms with Crippen LogP contribution in [0.4, 0.5) is 5.69 Å². The molecule has 3 rings (SSSR count). The van der Waals surface area contributed by atoms with Gasteiger partial charge in [0, 0.05) is 30.2 Å². The Hall–Kier alpha value is -2.40. The molecule has 2 aromatic rings. The summed E-state index contributed by atoms with van der Waals surface area (Å²) < 4.78 is 1.56. The first-order valence-electron chi connectivity index (χ1n) is 6.52. The van der Waals surface area contributed by atoms with Crippen molar-refractivity contribution in [2.45, 2.75) is 12.5 Å². The standard InChI is InChI=1S/C15H15N3O2/c16-13-8-10-18(15(13)20)12-6-4-11(5-7-12)17-9-2-1-3-14(17)19/h1-7,9,13H,8,10,16H2. The van der Waals surface area contributed by atoms with Crippen molar-refractivity contribution in [2.24, 2.45) is 5.73 Å². The maximum Gasteiger partial charge on any atom is 0.255 e. The van der Waals surface area contributed by atoms with E-state index in [1.165, 1.54) is 6.07 Å². The van der Waals surface area contributed by atoms with Gasteiger partial charge in [-0.1, -0.05) is 6.07 Å². The van der Waals surface area contributed by atoms with Crippen molar-refractivity contribution in [3.05, 3.63) is 59.0 Å². The summed E-state index contributed by atoms with van der Waals surface area (Å²) in [6.45, 7) is 0.643. The average molecular weight is 269 g/mol. The second kappa shape index (κ2) is 4.94. The molecule has 0 saturated carbocycles. The van der Waals surface area contributed by atoms with Gasteiger partial charge in [-0.3, -0.25) is 14.2 Å². The number of anilines is 1.